The van der Waals surface area contributed by atoms with E-state index < -0.39 is 16.9 Å². The van der Waals surface area contributed by atoms with Crippen molar-refractivity contribution in [1.82, 2.24) is 0 Å². The lowest BCUT2D eigenvalue weighted by molar-refractivity contribution is -0.211. The normalized spacial score (nSPS) is 52.2. The zero-order chi connectivity index (χ0) is 25.8. The predicted molar refractivity (Wildman–Crippen MR) is 138 cm³/mol. The Morgan fingerprint density at radius 3 is 2.23 bits per heavy atom. The first-order chi connectivity index (χ1) is 16.1. The first-order valence-electron chi connectivity index (χ1n) is 14.3. The van der Waals surface area contributed by atoms with Crippen molar-refractivity contribution in [3.63, 3.8) is 0 Å². The van der Waals surface area contributed by atoms with Crippen LogP contribution in [0.3, 0.4) is 0 Å². The number of methoxy groups -OCH3 is 1. The van der Waals surface area contributed by atoms with Gasteiger partial charge in [-0.2, -0.15) is 0 Å². The fourth-order valence-corrected chi connectivity index (χ4v) is 11.0. The largest absolute Gasteiger partial charge is 0.469 e. The highest BCUT2D eigenvalue weighted by molar-refractivity contribution is 5.78. The highest BCUT2D eigenvalue weighted by Gasteiger charge is 2.70. The fraction of sp³-hybridized carbons (Fsp3) is 0.903. The van der Waals surface area contributed by atoms with Crippen molar-refractivity contribution in [2.75, 3.05) is 7.11 Å². The van der Waals surface area contributed by atoms with E-state index in [1.165, 1.54) is 12.7 Å². The van der Waals surface area contributed by atoms with Gasteiger partial charge in [-0.25, -0.2) is 0 Å². The van der Waals surface area contributed by atoms with Crippen LogP contribution < -0.4 is 0 Å². The zero-order valence-corrected chi connectivity index (χ0v) is 23.5. The van der Waals surface area contributed by atoms with Crippen molar-refractivity contribution >= 4 is 5.97 Å². The molecule has 4 nitrogen and oxygen atoms in total. The van der Waals surface area contributed by atoms with Gasteiger partial charge in [0.25, 0.3) is 0 Å². The number of hydrogen-bond acceptors (Lipinski definition) is 4. The molecule has 5 aliphatic carbocycles. The maximum atomic E-state index is 13.4. The topological polar surface area (TPSA) is 66.8 Å². The summed E-state index contributed by atoms with van der Waals surface area (Å²) in [6.45, 7) is 16.4. The van der Waals surface area contributed by atoms with E-state index in [1.54, 1.807) is 0 Å². The lowest BCUT2D eigenvalue weighted by Gasteiger charge is -2.71. The van der Waals surface area contributed by atoms with Crippen molar-refractivity contribution in [3.8, 4) is 0 Å². The molecule has 0 aromatic heterocycles. The van der Waals surface area contributed by atoms with E-state index in [9.17, 15) is 15.0 Å². The third kappa shape index (κ3) is 3.14. The molecule has 0 aliphatic heterocycles. The van der Waals surface area contributed by atoms with Crippen molar-refractivity contribution in [2.24, 2.45) is 50.2 Å². The quantitative estimate of drug-likeness (QED) is 0.337. The first kappa shape index (κ1) is 25.8. The van der Waals surface area contributed by atoms with Crippen molar-refractivity contribution in [2.45, 2.75) is 118 Å². The van der Waals surface area contributed by atoms with Crippen LogP contribution in [0.1, 0.15) is 106 Å². The standard InChI is InChI=1S/C31H50O4/c1-26(2)15-16-31(25(34)35-8)14-10-20-29(6)12-9-19-27(3,4)23(32)11-13-28(19,5)21(29)17-24(33)30(20,7)22(31)18-26/h10,19,21-24,32-33H,9,11-18H2,1-8H3/t19-,21+,22-,23-,24+,28-,29-,30+,31+/m0/s1. The lowest BCUT2D eigenvalue weighted by Crippen LogP contribution is -2.67. The Hall–Kier alpha value is -0.870. The number of aliphatic hydroxyl groups is 2. The number of allylic oxidation sites excluding steroid dienone is 1. The summed E-state index contributed by atoms with van der Waals surface area (Å²) in [6, 6.07) is 0. The smallest absolute Gasteiger partial charge is 0.312 e. The van der Waals surface area contributed by atoms with Crippen LogP contribution in [0.15, 0.2) is 11.6 Å². The van der Waals surface area contributed by atoms with Gasteiger partial charge in [-0.3, -0.25) is 4.79 Å². The minimum atomic E-state index is -0.523. The molecule has 5 rings (SSSR count). The summed E-state index contributed by atoms with van der Waals surface area (Å²) in [6.07, 6.45) is 10.1. The Balaban J connectivity index is 1.63. The van der Waals surface area contributed by atoms with E-state index in [4.69, 9.17) is 4.74 Å². The van der Waals surface area contributed by atoms with Crippen LogP contribution in [0.2, 0.25) is 0 Å². The molecule has 0 aromatic carbocycles. The average Bonchev–Trinajstić information content (AvgIpc) is 2.78. The Kier molecular flexibility index (Phi) is 5.59. The molecule has 5 aliphatic rings. The van der Waals surface area contributed by atoms with E-state index in [0.717, 1.165) is 57.8 Å². The number of carbonyl (C=O) groups is 1. The van der Waals surface area contributed by atoms with Gasteiger partial charge in [-0.05, 0) is 97.2 Å². The number of fused-ring (bicyclic) bond motifs is 7. The molecule has 0 heterocycles. The van der Waals surface area contributed by atoms with Gasteiger partial charge in [-0.1, -0.05) is 60.1 Å². The molecular formula is C31H50O4. The van der Waals surface area contributed by atoms with Gasteiger partial charge < -0.3 is 14.9 Å². The molecule has 2 N–H and O–H groups in total. The number of carbonyl (C=O) groups excluding carboxylic acids is 1. The highest BCUT2D eigenvalue weighted by atomic mass is 16.5. The van der Waals surface area contributed by atoms with Gasteiger partial charge in [0.2, 0.25) is 0 Å². The summed E-state index contributed by atoms with van der Waals surface area (Å²) in [4.78, 5) is 13.4. The second kappa shape index (κ2) is 7.59. The molecule has 0 radical (unpaired) electrons. The summed E-state index contributed by atoms with van der Waals surface area (Å²) in [5, 5.41) is 23.0. The van der Waals surface area contributed by atoms with E-state index in [0.29, 0.717) is 11.8 Å². The third-order valence-corrected chi connectivity index (χ3v) is 13.0. The highest BCUT2D eigenvalue weighted by Crippen LogP contribution is 2.75. The van der Waals surface area contributed by atoms with Crippen LogP contribution in [-0.4, -0.2) is 35.5 Å². The van der Waals surface area contributed by atoms with Crippen LogP contribution in [0.25, 0.3) is 0 Å². The molecule has 0 aromatic rings. The minimum Gasteiger partial charge on any atom is -0.469 e. The van der Waals surface area contributed by atoms with Gasteiger partial charge in [-0.15, -0.1) is 0 Å². The summed E-state index contributed by atoms with van der Waals surface area (Å²) in [5.41, 5.74) is 0.655. The SMILES string of the molecule is COC(=O)[C@@]12CC=C3[C@@](C)([C@H](O)C[C@@H]4[C@@]5(C)CC[C@H](O)C(C)(C)[C@@H]5CC[C@@]34C)[C@@H]1CC(C)(C)CC2. The molecule has 0 saturated heterocycles. The fourth-order valence-electron chi connectivity index (χ4n) is 11.0. The van der Waals surface area contributed by atoms with Crippen LogP contribution in [0.5, 0.6) is 0 Å². The predicted octanol–water partition coefficient (Wildman–Crippen LogP) is 6.29. The Labute approximate surface area is 213 Å². The number of rotatable bonds is 1. The van der Waals surface area contributed by atoms with Crippen LogP contribution >= 0.6 is 0 Å². The molecule has 0 bridgehead atoms. The molecule has 0 spiro atoms. The summed E-state index contributed by atoms with van der Waals surface area (Å²) in [5.74, 6) is 0.860. The second-order valence-corrected chi connectivity index (χ2v) is 15.4. The van der Waals surface area contributed by atoms with Crippen molar-refractivity contribution in [3.05, 3.63) is 11.6 Å². The zero-order valence-electron chi connectivity index (χ0n) is 23.5. The Bertz CT molecular complexity index is 934. The average molecular weight is 487 g/mol. The van der Waals surface area contributed by atoms with Gasteiger partial charge in [0.15, 0.2) is 0 Å². The van der Waals surface area contributed by atoms with Gasteiger partial charge in [0.1, 0.15) is 0 Å². The molecule has 0 amide bonds. The number of aliphatic hydroxyl groups excluding tert-OH is 2. The molecule has 0 unspecified atom stereocenters. The van der Waals surface area contributed by atoms with E-state index in [-0.39, 0.29) is 39.7 Å². The molecule has 4 heteroatoms. The minimum absolute atomic E-state index is 0.0153. The van der Waals surface area contributed by atoms with Gasteiger partial charge >= 0.3 is 5.97 Å². The summed E-state index contributed by atoms with van der Waals surface area (Å²) < 4.78 is 5.46. The lowest BCUT2D eigenvalue weighted by atomic mass is 9.34. The van der Waals surface area contributed by atoms with Crippen molar-refractivity contribution in [1.29, 1.82) is 0 Å². The molecule has 4 saturated carbocycles. The number of esters is 1. The van der Waals surface area contributed by atoms with E-state index >= 15 is 0 Å². The summed E-state index contributed by atoms with van der Waals surface area (Å²) in [7, 11) is 1.53. The Morgan fingerprint density at radius 1 is 0.886 bits per heavy atom. The third-order valence-electron chi connectivity index (χ3n) is 13.0. The van der Waals surface area contributed by atoms with E-state index in [1.807, 2.05) is 0 Å². The molecule has 198 valence electrons. The van der Waals surface area contributed by atoms with Crippen LogP contribution in [0.4, 0.5) is 0 Å². The van der Waals surface area contributed by atoms with Crippen molar-refractivity contribution < 1.29 is 19.7 Å². The molecule has 4 fully saturated rings. The van der Waals surface area contributed by atoms with E-state index in [2.05, 4.69) is 54.5 Å². The molecule has 35 heavy (non-hydrogen) atoms. The van der Waals surface area contributed by atoms with Crippen LogP contribution in [0, 0.1) is 50.2 Å². The van der Waals surface area contributed by atoms with Gasteiger partial charge in [0, 0.05) is 5.41 Å². The number of ether oxygens (including phenoxy) is 1. The second-order valence-electron chi connectivity index (χ2n) is 15.4. The number of hydrogen-bond donors (Lipinski definition) is 2. The monoisotopic (exact) mass is 486 g/mol. The molecular weight excluding hydrogens is 436 g/mol. The maximum Gasteiger partial charge on any atom is 0.312 e. The first-order valence-corrected chi connectivity index (χ1v) is 14.3. The Morgan fingerprint density at radius 2 is 1.57 bits per heavy atom. The van der Waals surface area contributed by atoms with Crippen LogP contribution in [-0.2, 0) is 9.53 Å². The summed E-state index contributed by atoms with van der Waals surface area (Å²) >= 11 is 0. The maximum absolute atomic E-state index is 13.4. The molecule has 9 atom stereocenters. The van der Waals surface area contributed by atoms with Gasteiger partial charge in [0.05, 0.1) is 24.7 Å².